The standard InChI is InChI=1S/C17H34O2S2/c1-3-4-5-6-7-8-9-11-14-20-16-21-15-12-10-13-17(18)19-2/h3-16H2,1-2H3. The van der Waals surface area contributed by atoms with Crippen LogP contribution in [0, 0.1) is 0 Å². The number of esters is 1. The van der Waals surface area contributed by atoms with E-state index < -0.39 is 0 Å². The topological polar surface area (TPSA) is 26.3 Å². The van der Waals surface area contributed by atoms with Gasteiger partial charge in [-0.15, -0.1) is 0 Å². The number of hydrogen-bond donors (Lipinski definition) is 0. The fraction of sp³-hybridized carbons (Fsp3) is 0.941. The zero-order valence-electron chi connectivity index (χ0n) is 14.0. The van der Waals surface area contributed by atoms with E-state index in [1.165, 1.54) is 75.1 Å². The normalized spacial score (nSPS) is 10.8. The Morgan fingerprint density at radius 2 is 1.33 bits per heavy atom. The van der Waals surface area contributed by atoms with Gasteiger partial charge in [0.05, 0.1) is 7.11 Å². The van der Waals surface area contributed by atoms with Crippen LogP contribution < -0.4 is 0 Å². The summed E-state index contributed by atoms with van der Waals surface area (Å²) < 4.78 is 4.62. The monoisotopic (exact) mass is 334 g/mol. The lowest BCUT2D eigenvalue weighted by atomic mass is 10.1. The lowest BCUT2D eigenvalue weighted by Crippen LogP contribution is -1.99. The molecule has 0 saturated heterocycles. The molecule has 0 aliphatic carbocycles. The van der Waals surface area contributed by atoms with E-state index in [4.69, 9.17) is 0 Å². The van der Waals surface area contributed by atoms with Crippen LogP contribution in [-0.4, -0.2) is 29.7 Å². The van der Waals surface area contributed by atoms with Crippen LogP contribution in [-0.2, 0) is 9.53 Å². The summed E-state index contributed by atoms with van der Waals surface area (Å²) in [5.74, 6) is 2.40. The molecule has 0 fully saturated rings. The maximum absolute atomic E-state index is 10.9. The summed E-state index contributed by atoms with van der Waals surface area (Å²) in [6.07, 6.45) is 13.9. The highest BCUT2D eigenvalue weighted by atomic mass is 32.2. The average molecular weight is 335 g/mol. The number of unbranched alkanes of at least 4 members (excludes halogenated alkanes) is 8. The summed E-state index contributed by atoms with van der Waals surface area (Å²) in [5.41, 5.74) is 0. The molecule has 0 heterocycles. The molecule has 0 atom stereocenters. The Bertz CT molecular complexity index is 223. The second-order valence-electron chi connectivity index (χ2n) is 5.44. The van der Waals surface area contributed by atoms with Gasteiger partial charge in [-0.2, -0.15) is 23.5 Å². The molecule has 0 aliphatic heterocycles. The Labute approximate surface area is 140 Å². The second kappa shape index (κ2) is 18.2. The van der Waals surface area contributed by atoms with Gasteiger partial charge in [-0.25, -0.2) is 0 Å². The van der Waals surface area contributed by atoms with Crippen LogP contribution in [0.2, 0.25) is 0 Å². The largest absolute Gasteiger partial charge is 0.469 e. The molecule has 0 unspecified atom stereocenters. The Morgan fingerprint density at radius 1 is 0.810 bits per heavy atom. The number of carbonyl (C=O) groups excluding carboxylic acids is 1. The lowest BCUT2D eigenvalue weighted by molar-refractivity contribution is -0.140. The maximum atomic E-state index is 10.9. The molecule has 0 spiro atoms. The minimum Gasteiger partial charge on any atom is -0.469 e. The molecule has 2 nitrogen and oxygen atoms in total. The molecule has 0 bridgehead atoms. The molecule has 0 saturated carbocycles. The zero-order valence-corrected chi connectivity index (χ0v) is 15.7. The van der Waals surface area contributed by atoms with E-state index >= 15 is 0 Å². The van der Waals surface area contributed by atoms with E-state index in [0.29, 0.717) is 6.42 Å². The van der Waals surface area contributed by atoms with Crippen LogP contribution >= 0.6 is 23.5 Å². The van der Waals surface area contributed by atoms with Crippen LogP contribution in [0.1, 0.15) is 77.6 Å². The van der Waals surface area contributed by atoms with Crippen LogP contribution in [0.5, 0.6) is 0 Å². The predicted molar refractivity (Wildman–Crippen MR) is 98.3 cm³/mol. The minimum absolute atomic E-state index is 0.0796. The smallest absolute Gasteiger partial charge is 0.305 e. The Hall–Kier alpha value is 0.170. The predicted octanol–water partition coefficient (Wildman–Crippen LogP) is 5.89. The molecule has 0 amide bonds. The number of thioether (sulfide) groups is 2. The summed E-state index contributed by atoms with van der Waals surface area (Å²) in [6, 6.07) is 0. The molecule has 126 valence electrons. The van der Waals surface area contributed by atoms with Crippen molar-refractivity contribution < 1.29 is 9.53 Å². The van der Waals surface area contributed by atoms with E-state index in [2.05, 4.69) is 23.4 Å². The highest BCUT2D eigenvalue weighted by Gasteiger charge is 1.99. The summed E-state index contributed by atoms with van der Waals surface area (Å²) >= 11 is 4.07. The molecule has 4 heteroatoms. The number of hydrogen-bond acceptors (Lipinski definition) is 4. The van der Waals surface area contributed by atoms with E-state index in [-0.39, 0.29) is 5.97 Å². The number of carbonyl (C=O) groups is 1. The Kier molecular flexibility index (Phi) is 18.4. The van der Waals surface area contributed by atoms with Gasteiger partial charge in [-0.3, -0.25) is 4.79 Å². The van der Waals surface area contributed by atoms with Gasteiger partial charge in [0.2, 0.25) is 0 Å². The number of rotatable bonds is 16. The molecular formula is C17H34O2S2. The lowest BCUT2D eigenvalue weighted by Gasteiger charge is -2.03. The first-order chi connectivity index (χ1) is 10.3. The first-order valence-electron chi connectivity index (χ1n) is 8.53. The van der Waals surface area contributed by atoms with E-state index in [0.717, 1.165) is 12.8 Å². The third-order valence-electron chi connectivity index (χ3n) is 3.46. The van der Waals surface area contributed by atoms with Crippen LogP contribution in [0.4, 0.5) is 0 Å². The summed E-state index contributed by atoms with van der Waals surface area (Å²) in [4.78, 5) is 10.9. The Morgan fingerprint density at radius 3 is 1.90 bits per heavy atom. The fourth-order valence-corrected chi connectivity index (χ4v) is 4.32. The Balaban J connectivity index is 2.98. The SMILES string of the molecule is CCCCCCCCCCSCSCCCCC(=O)OC. The van der Waals surface area contributed by atoms with E-state index in [1.807, 2.05) is 11.8 Å². The minimum atomic E-state index is -0.0796. The van der Waals surface area contributed by atoms with E-state index in [1.54, 1.807) is 0 Å². The molecule has 0 N–H and O–H groups in total. The van der Waals surface area contributed by atoms with Gasteiger partial charge in [-0.05, 0) is 30.8 Å². The first kappa shape index (κ1) is 21.2. The number of ether oxygens (including phenoxy) is 1. The molecule has 0 aromatic rings. The van der Waals surface area contributed by atoms with Crippen molar-refractivity contribution in [3.63, 3.8) is 0 Å². The molecule has 21 heavy (non-hydrogen) atoms. The van der Waals surface area contributed by atoms with Crippen LogP contribution in [0.15, 0.2) is 0 Å². The van der Waals surface area contributed by atoms with Crippen molar-refractivity contribution in [2.45, 2.75) is 77.6 Å². The van der Waals surface area contributed by atoms with Crippen molar-refractivity contribution in [2.75, 3.05) is 23.7 Å². The van der Waals surface area contributed by atoms with Crippen molar-refractivity contribution >= 4 is 29.5 Å². The van der Waals surface area contributed by atoms with Gasteiger partial charge in [0.15, 0.2) is 0 Å². The van der Waals surface area contributed by atoms with E-state index in [9.17, 15) is 4.79 Å². The van der Waals surface area contributed by atoms with Gasteiger partial charge in [-0.1, -0.05) is 51.9 Å². The van der Waals surface area contributed by atoms with Crippen molar-refractivity contribution in [3.05, 3.63) is 0 Å². The molecular weight excluding hydrogens is 300 g/mol. The van der Waals surface area contributed by atoms with Crippen molar-refractivity contribution in [1.29, 1.82) is 0 Å². The van der Waals surface area contributed by atoms with Gasteiger partial charge in [0, 0.05) is 11.5 Å². The van der Waals surface area contributed by atoms with Gasteiger partial charge >= 0.3 is 5.97 Å². The second-order valence-corrected chi connectivity index (χ2v) is 8.02. The maximum Gasteiger partial charge on any atom is 0.305 e. The zero-order chi connectivity index (χ0) is 15.6. The molecule has 0 aromatic heterocycles. The van der Waals surface area contributed by atoms with Gasteiger partial charge < -0.3 is 4.74 Å². The van der Waals surface area contributed by atoms with Gasteiger partial charge in [0.25, 0.3) is 0 Å². The van der Waals surface area contributed by atoms with Crippen molar-refractivity contribution in [1.82, 2.24) is 0 Å². The van der Waals surface area contributed by atoms with Crippen LogP contribution in [0.25, 0.3) is 0 Å². The number of methoxy groups -OCH3 is 1. The van der Waals surface area contributed by atoms with Crippen molar-refractivity contribution in [2.24, 2.45) is 0 Å². The average Bonchev–Trinajstić information content (AvgIpc) is 2.50. The highest BCUT2D eigenvalue weighted by molar-refractivity contribution is 8.15. The molecule has 0 radical (unpaired) electrons. The molecule has 0 aliphatic rings. The first-order valence-corrected chi connectivity index (χ1v) is 10.8. The van der Waals surface area contributed by atoms with Gasteiger partial charge in [0.1, 0.15) is 0 Å². The quantitative estimate of drug-likeness (QED) is 0.199. The van der Waals surface area contributed by atoms with Crippen molar-refractivity contribution in [3.8, 4) is 0 Å². The summed E-state index contributed by atoms with van der Waals surface area (Å²) in [7, 11) is 1.46. The summed E-state index contributed by atoms with van der Waals surface area (Å²) in [5, 5.41) is 1.20. The fourth-order valence-electron chi connectivity index (χ4n) is 2.09. The van der Waals surface area contributed by atoms with Crippen LogP contribution in [0.3, 0.4) is 0 Å². The third kappa shape index (κ3) is 18.1. The molecule has 0 rings (SSSR count). The highest BCUT2D eigenvalue weighted by Crippen LogP contribution is 2.17. The summed E-state index contributed by atoms with van der Waals surface area (Å²) in [6.45, 7) is 2.27. The molecule has 0 aromatic carbocycles. The third-order valence-corrected chi connectivity index (χ3v) is 5.94.